The van der Waals surface area contributed by atoms with E-state index in [0.717, 1.165) is 6.08 Å². The van der Waals surface area contributed by atoms with Gasteiger partial charge in [-0.2, -0.15) is 8.42 Å². The van der Waals surface area contributed by atoms with Crippen molar-refractivity contribution < 1.29 is 27.2 Å². The van der Waals surface area contributed by atoms with Crippen molar-refractivity contribution in [3.05, 3.63) is 12.7 Å². The van der Waals surface area contributed by atoms with Crippen molar-refractivity contribution in [1.82, 2.24) is 0 Å². The largest absolute Gasteiger partial charge is 0.433 e. The monoisotopic (exact) mass is 252 g/mol. The summed E-state index contributed by atoms with van der Waals surface area (Å²) in [5.41, 5.74) is -1.38. The van der Waals surface area contributed by atoms with Gasteiger partial charge in [0.05, 0.1) is 0 Å². The predicted molar refractivity (Wildman–Crippen MR) is 57.1 cm³/mol. The second kappa shape index (κ2) is 6.62. The Labute approximate surface area is 95.0 Å². The van der Waals surface area contributed by atoms with Crippen molar-refractivity contribution in [1.29, 1.82) is 0 Å². The van der Waals surface area contributed by atoms with Crippen LogP contribution in [-0.2, 0) is 24.4 Å². The normalized spacial score (nSPS) is 15.2. The first-order valence-corrected chi connectivity index (χ1v) is 6.26. The van der Waals surface area contributed by atoms with Crippen LogP contribution in [0.1, 0.15) is 26.7 Å². The van der Waals surface area contributed by atoms with Crippen LogP contribution in [0.4, 0.5) is 0 Å². The van der Waals surface area contributed by atoms with Gasteiger partial charge in [0, 0.05) is 6.08 Å². The van der Waals surface area contributed by atoms with Crippen LogP contribution in [0.5, 0.6) is 0 Å². The van der Waals surface area contributed by atoms with E-state index in [1.165, 1.54) is 6.92 Å². The van der Waals surface area contributed by atoms with E-state index in [0.29, 0.717) is 6.42 Å². The molecule has 0 aliphatic rings. The lowest BCUT2D eigenvalue weighted by Gasteiger charge is -2.19. The minimum absolute atomic E-state index is 0.120. The molecule has 0 radical (unpaired) electrons. The van der Waals surface area contributed by atoms with Crippen LogP contribution in [-0.4, -0.2) is 30.7 Å². The molecule has 0 bridgehead atoms. The van der Waals surface area contributed by atoms with Crippen LogP contribution in [0.15, 0.2) is 12.7 Å². The highest BCUT2D eigenvalue weighted by Crippen LogP contribution is 2.12. The van der Waals surface area contributed by atoms with Crippen LogP contribution in [0.3, 0.4) is 0 Å². The Kier molecular flexibility index (Phi) is 6.24. The molecule has 6 nitrogen and oxygen atoms in total. The Morgan fingerprint density at radius 2 is 2.12 bits per heavy atom. The fourth-order valence-electron chi connectivity index (χ4n) is 0.976. The Balaban J connectivity index is 4.40. The van der Waals surface area contributed by atoms with Crippen LogP contribution in [0.2, 0.25) is 0 Å². The standard InChI is InChI=1S/C9H16O6S/c1-4-6-9(16(11,12)13)15-7(3)14-8(10)5-2/h5,7,9H,2,4,6H2,1,3H3,(H,11,12,13). The predicted octanol–water partition coefficient (Wildman–Crippen LogP) is 1.09. The maximum atomic E-state index is 10.9. The van der Waals surface area contributed by atoms with E-state index in [2.05, 4.69) is 11.3 Å². The summed E-state index contributed by atoms with van der Waals surface area (Å²) in [6.07, 6.45) is 0.493. The van der Waals surface area contributed by atoms with Gasteiger partial charge in [0.1, 0.15) is 0 Å². The van der Waals surface area contributed by atoms with Gasteiger partial charge >= 0.3 is 5.97 Å². The Morgan fingerprint density at radius 1 is 1.56 bits per heavy atom. The first kappa shape index (κ1) is 15.1. The zero-order chi connectivity index (χ0) is 12.8. The van der Waals surface area contributed by atoms with Gasteiger partial charge in [-0.3, -0.25) is 4.55 Å². The molecule has 0 rings (SSSR count). The SMILES string of the molecule is C=CC(=O)OC(C)OC(CCC)S(=O)(=O)O. The second-order valence-electron chi connectivity index (χ2n) is 3.08. The molecule has 7 heteroatoms. The molecule has 0 aromatic heterocycles. The van der Waals surface area contributed by atoms with Crippen LogP contribution in [0.25, 0.3) is 0 Å². The van der Waals surface area contributed by atoms with Gasteiger partial charge in [0.15, 0.2) is 5.44 Å². The molecular weight excluding hydrogens is 236 g/mol. The molecule has 0 fully saturated rings. The van der Waals surface area contributed by atoms with Gasteiger partial charge in [-0.15, -0.1) is 0 Å². The minimum atomic E-state index is -4.30. The van der Waals surface area contributed by atoms with Crippen molar-refractivity contribution in [2.24, 2.45) is 0 Å². The fraction of sp³-hybridized carbons (Fsp3) is 0.667. The zero-order valence-electron chi connectivity index (χ0n) is 9.25. The lowest BCUT2D eigenvalue weighted by atomic mass is 10.3. The first-order valence-electron chi connectivity index (χ1n) is 4.76. The smallest absolute Gasteiger partial charge is 0.332 e. The molecule has 16 heavy (non-hydrogen) atoms. The maximum Gasteiger partial charge on any atom is 0.332 e. The number of carbonyl (C=O) groups is 1. The average molecular weight is 252 g/mol. The minimum Gasteiger partial charge on any atom is -0.433 e. The van der Waals surface area contributed by atoms with Gasteiger partial charge in [-0.1, -0.05) is 19.9 Å². The number of hydrogen-bond acceptors (Lipinski definition) is 5. The second-order valence-corrected chi connectivity index (χ2v) is 4.63. The molecule has 0 spiro atoms. The summed E-state index contributed by atoms with van der Waals surface area (Å²) in [6.45, 7) is 6.27. The van der Waals surface area contributed by atoms with Crippen molar-refractivity contribution in [2.45, 2.75) is 38.4 Å². The van der Waals surface area contributed by atoms with E-state index < -0.39 is 27.8 Å². The van der Waals surface area contributed by atoms with Crippen molar-refractivity contribution in [3.8, 4) is 0 Å². The van der Waals surface area contributed by atoms with Gasteiger partial charge in [0.2, 0.25) is 6.29 Å². The molecule has 1 N–H and O–H groups in total. The molecule has 2 unspecified atom stereocenters. The summed E-state index contributed by atoms with van der Waals surface area (Å²) < 4.78 is 40.1. The topological polar surface area (TPSA) is 89.9 Å². The van der Waals surface area contributed by atoms with E-state index in [1.807, 2.05) is 0 Å². The molecule has 0 aromatic carbocycles. The molecule has 94 valence electrons. The Bertz CT molecular complexity index is 334. The summed E-state index contributed by atoms with van der Waals surface area (Å²) in [5, 5.41) is 0. The molecule has 0 aromatic rings. The van der Waals surface area contributed by atoms with Crippen LogP contribution in [0, 0.1) is 0 Å². The number of esters is 1. The molecular formula is C9H16O6S. The fourth-order valence-corrected chi connectivity index (χ4v) is 1.81. The Morgan fingerprint density at radius 3 is 2.50 bits per heavy atom. The maximum absolute atomic E-state index is 10.9. The zero-order valence-corrected chi connectivity index (χ0v) is 10.1. The van der Waals surface area contributed by atoms with E-state index in [-0.39, 0.29) is 6.42 Å². The van der Waals surface area contributed by atoms with E-state index in [4.69, 9.17) is 9.29 Å². The van der Waals surface area contributed by atoms with E-state index in [9.17, 15) is 13.2 Å². The summed E-state index contributed by atoms with van der Waals surface area (Å²) in [6, 6.07) is 0. The molecule has 0 saturated carbocycles. The highest BCUT2D eigenvalue weighted by atomic mass is 32.2. The summed E-state index contributed by atoms with van der Waals surface area (Å²) in [4.78, 5) is 10.8. The van der Waals surface area contributed by atoms with Gasteiger partial charge in [-0.25, -0.2) is 4.79 Å². The molecule has 2 atom stereocenters. The summed E-state index contributed by atoms with van der Waals surface area (Å²) in [7, 11) is -4.30. The van der Waals surface area contributed by atoms with Gasteiger partial charge in [-0.05, 0) is 13.3 Å². The first-order chi connectivity index (χ1) is 7.31. The lowest BCUT2D eigenvalue weighted by molar-refractivity contribution is -0.172. The highest BCUT2D eigenvalue weighted by molar-refractivity contribution is 7.86. The third-order valence-corrected chi connectivity index (χ3v) is 2.66. The molecule has 0 saturated heterocycles. The Hall–Kier alpha value is -0.920. The van der Waals surface area contributed by atoms with Crippen molar-refractivity contribution in [3.63, 3.8) is 0 Å². The number of rotatable bonds is 7. The average Bonchev–Trinajstić information content (AvgIpc) is 2.15. The van der Waals surface area contributed by atoms with Crippen LogP contribution < -0.4 is 0 Å². The van der Waals surface area contributed by atoms with E-state index >= 15 is 0 Å². The number of ether oxygens (including phenoxy) is 2. The lowest BCUT2D eigenvalue weighted by Crippen LogP contribution is -2.30. The van der Waals surface area contributed by atoms with Crippen LogP contribution >= 0.6 is 0 Å². The molecule has 0 amide bonds. The van der Waals surface area contributed by atoms with Gasteiger partial charge < -0.3 is 9.47 Å². The van der Waals surface area contributed by atoms with Gasteiger partial charge in [0.25, 0.3) is 10.1 Å². The quantitative estimate of drug-likeness (QED) is 0.316. The third kappa shape index (κ3) is 5.84. The highest BCUT2D eigenvalue weighted by Gasteiger charge is 2.26. The summed E-state index contributed by atoms with van der Waals surface area (Å²) in [5.74, 6) is -0.724. The molecule has 0 heterocycles. The third-order valence-electron chi connectivity index (χ3n) is 1.65. The number of hydrogen-bond donors (Lipinski definition) is 1. The molecule has 0 aliphatic carbocycles. The van der Waals surface area contributed by atoms with Crippen molar-refractivity contribution in [2.75, 3.05) is 0 Å². The van der Waals surface area contributed by atoms with Crippen molar-refractivity contribution >= 4 is 16.1 Å². The molecule has 0 aliphatic heterocycles. The summed E-state index contributed by atoms with van der Waals surface area (Å²) >= 11 is 0. The van der Waals surface area contributed by atoms with E-state index in [1.54, 1.807) is 6.92 Å². The number of carbonyl (C=O) groups excluding carboxylic acids is 1.